The number of rotatable bonds is 7. The van der Waals surface area contributed by atoms with Crippen LogP contribution in [0.5, 0.6) is 0 Å². The molecule has 0 aliphatic carbocycles. The minimum atomic E-state index is 0.211. The first kappa shape index (κ1) is 17.0. The lowest BCUT2D eigenvalue weighted by atomic mass is 10.2. The SMILES string of the molecule is CCCNC(CSc1cccc(Br)c1)c1c(Br)nnn1C. The molecule has 2 rings (SSSR count). The van der Waals surface area contributed by atoms with Crippen molar-refractivity contribution < 1.29 is 0 Å². The Morgan fingerprint density at radius 1 is 1.38 bits per heavy atom. The van der Waals surface area contributed by atoms with Crippen LogP contribution in [0.2, 0.25) is 0 Å². The van der Waals surface area contributed by atoms with Crippen molar-refractivity contribution in [2.75, 3.05) is 12.3 Å². The predicted molar refractivity (Wildman–Crippen MR) is 94.6 cm³/mol. The zero-order valence-electron chi connectivity index (χ0n) is 12.0. The Balaban J connectivity index is 2.10. The maximum absolute atomic E-state index is 4.09. The second kappa shape index (κ2) is 8.31. The topological polar surface area (TPSA) is 42.7 Å². The van der Waals surface area contributed by atoms with Crippen LogP contribution in [0.1, 0.15) is 25.1 Å². The van der Waals surface area contributed by atoms with Gasteiger partial charge in [0.25, 0.3) is 0 Å². The Kier molecular flexibility index (Phi) is 6.73. The molecule has 0 saturated carbocycles. The van der Waals surface area contributed by atoms with Crippen LogP contribution in [-0.4, -0.2) is 27.3 Å². The molecule has 21 heavy (non-hydrogen) atoms. The summed E-state index contributed by atoms with van der Waals surface area (Å²) >= 11 is 8.84. The smallest absolute Gasteiger partial charge is 0.153 e. The van der Waals surface area contributed by atoms with E-state index >= 15 is 0 Å². The van der Waals surface area contributed by atoms with Gasteiger partial charge in [0, 0.05) is 22.2 Å². The van der Waals surface area contributed by atoms with Crippen LogP contribution < -0.4 is 5.32 Å². The molecular formula is C14H18Br2N4S. The number of aryl methyl sites for hydroxylation is 1. The van der Waals surface area contributed by atoms with Gasteiger partial charge in [0.05, 0.1) is 11.7 Å². The monoisotopic (exact) mass is 432 g/mol. The van der Waals surface area contributed by atoms with Gasteiger partial charge in [-0.3, -0.25) is 0 Å². The molecule has 0 saturated heterocycles. The summed E-state index contributed by atoms with van der Waals surface area (Å²) in [6.45, 7) is 3.14. The molecule has 1 atom stereocenters. The highest BCUT2D eigenvalue weighted by Gasteiger charge is 2.19. The van der Waals surface area contributed by atoms with E-state index in [0.29, 0.717) is 0 Å². The highest BCUT2D eigenvalue weighted by atomic mass is 79.9. The van der Waals surface area contributed by atoms with E-state index in [1.165, 1.54) is 4.90 Å². The van der Waals surface area contributed by atoms with E-state index in [4.69, 9.17) is 0 Å². The van der Waals surface area contributed by atoms with Crippen molar-refractivity contribution in [3.8, 4) is 0 Å². The molecule has 4 nitrogen and oxygen atoms in total. The van der Waals surface area contributed by atoms with Crippen LogP contribution in [-0.2, 0) is 7.05 Å². The first-order valence-electron chi connectivity index (χ1n) is 6.78. The van der Waals surface area contributed by atoms with Gasteiger partial charge in [-0.25, -0.2) is 4.68 Å². The van der Waals surface area contributed by atoms with Gasteiger partial charge in [-0.05, 0) is 47.1 Å². The van der Waals surface area contributed by atoms with Gasteiger partial charge in [-0.15, -0.1) is 16.9 Å². The van der Waals surface area contributed by atoms with E-state index in [1.54, 1.807) is 0 Å². The molecule has 1 aromatic carbocycles. The Labute approximate surface area is 146 Å². The van der Waals surface area contributed by atoms with Gasteiger partial charge in [0.2, 0.25) is 0 Å². The van der Waals surface area contributed by atoms with Crippen LogP contribution in [0.15, 0.2) is 38.2 Å². The number of nitrogens with zero attached hydrogens (tertiary/aromatic N) is 3. The van der Waals surface area contributed by atoms with E-state index in [2.05, 4.69) is 72.6 Å². The van der Waals surface area contributed by atoms with Gasteiger partial charge in [0.15, 0.2) is 4.60 Å². The molecule has 1 unspecified atom stereocenters. The molecule has 0 amide bonds. The summed E-state index contributed by atoms with van der Waals surface area (Å²) in [6, 6.07) is 8.57. The Bertz CT molecular complexity index is 569. The average molecular weight is 434 g/mol. The third-order valence-electron chi connectivity index (χ3n) is 3.01. The normalized spacial score (nSPS) is 12.6. The van der Waals surface area contributed by atoms with E-state index < -0.39 is 0 Å². The minimum absolute atomic E-state index is 0.211. The van der Waals surface area contributed by atoms with Gasteiger partial charge in [-0.2, -0.15) is 0 Å². The van der Waals surface area contributed by atoms with Crippen molar-refractivity contribution in [1.29, 1.82) is 0 Å². The fourth-order valence-corrected chi connectivity index (χ4v) is 4.17. The van der Waals surface area contributed by atoms with E-state index in [1.807, 2.05) is 29.6 Å². The fraction of sp³-hybridized carbons (Fsp3) is 0.429. The van der Waals surface area contributed by atoms with Gasteiger partial charge >= 0.3 is 0 Å². The van der Waals surface area contributed by atoms with Crippen LogP contribution in [0, 0.1) is 0 Å². The molecule has 114 valence electrons. The molecule has 0 spiro atoms. The largest absolute Gasteiger partial charge is 0.308 e. The molecule has 7 heteroatoms. The number of nitrogens with one attached hydrogen (secondary N) is 1. The Hall–Kier alpha value is -0.370. The number of halogens is 2. The summed E-state index contributed by atoms with van der Waals surface area (Å²) in [5, 5.41) is 11.7. The predicted octanol–water partition coefficient (Wildman–Crippen LogP) is 4.17. The second-order valence-corrected chi connectivity index (χ2v) is 7.42. The standard InChI is InChI=1S/C14H18Br2N4S/c1-3-7-17-12(13-14(16)18-19-20(13)2)9-21-11-6-4-5-10(15)8-11/h4-6,8,12,17H,3,7,9H2,1-2H3. The lowest BCUT2D eigenvalue weighted by Gasteiger charge is -2.18. The number of hydrogen-bond acceptors (Lipinski definition) is 4. The van der Waals surface area contributed by atoms with E-state index in [9.17, 15) is 0 Å². The van der Waals surface area contributed by atoms with Crippen molar-refractivity contribution in [1.82, 2.24) is 20.3 Å². The number of aromatic nitrogens is 3. The average Bonchev–Trinajstić information content (AvgIpc) is 2.79. The molecule has 1 aromatic heterocycles. The minimum Gasteiger partial charge on any atom is -0.308 e. The molecule has 0 aliphatic heterocycles. The number of thioether (sulfide) groups is 1. The van der Waals surface area contributed by atoms with Crippen molar-refractivity contribution in [3.63, 3.8) is 0 Å². The van der Waals surface area contributed by atoms with Crippen molar-refractivity contribution in [2.45, 2.75) is 24.3 Å². The molecule has 1 heterocycles. The number of benzene rings is 1. The first-order chi connectivity index (χ1) is 10.1. The fourth-order valence-electron chi connectivity index (χ4n) is 2.00. The van der Waals surface area contributed by atoms with Gasteiger partial charge < -0.3 is 5.32 Å². The first-order valence-corrected chi connectivity index (χ1v) is 9.35. The molecular weight excluding hydrogens is 416 g/mol. The molecule has 2 aromatic rings. The van der Waals surface area contributed by atoms with Crippen molar-refractivity contribution >= 4 is 43.6 Å². The second-order valence-electron chi connectivity index (χ2n) is 4.66. The van der Waals surface area contributed by atoms with Gasteiger partial charge in [-0.1, -0.05) is 34.1 Å². The summed E-state index contributed by atoms with van der Waals surface area (Å²) in [4.78, 5) is 1.25. The van der Waals surface area contributed by atoms with Crippen molar-refractivity contribution in [3.05, 3.63) is 39.0 Å². The summed E-state index contributed by atoms with van der Waals surface area (Å²) in [7, 11) is 1.93. The van der Waals surface area contributed by atoms with Crippen LogP contribution in [0.4, 0.5) is 0 Å². The van der Waals surface area contributed by atoms with E-state index in [-0.39, 0.29) is 6.04 Å². The Morgan fingerprint density at radius 2 is 2.19 bits per heavy atom. The van der Waals surface area contributed by atoms with Crippen molar-refractivity contribution in [2.24, 2.45) is 7.05 Å². The highest BCUT2D eigenvalue weighted by molar-refractivity contribution is 9.10. The lowest BCUT2D eigenvalue weighted by molar-refractivity contribution is 0.531. The third-order valence-corrected chi connectivity index (χ3v) is 5.16. The molecule has 0 bridgehead atoms. The third kappa shape index (κ3) is 4.81. The van der Waals surface area contributed by atoms with E-state index in [0.717, 1.165) is 33.5 Å². The van der Waals surface area contributed by atoms with Crippen LogP contribution >= 0.6 is 43.6 Å². The lowest BCUT2D eigenvalue weighted by Crippen LogP contribution is -2.26. The molecule has 1 N–H and O–H groups in total. The van der Waals surface area contributed by atoms with Crippen LogP contribution in [0.25, 0.3) is 0 Å². The zero-order chi connectivity index (χ0) is 15.2. The van der Waals surface area contributed by atoms with Crippen LogP contribution in [0.3, 0.4) is 0 Å². The summed E-state index contributed by atoms with van der Waals surface area (Å²) in [5.41, 5.74) is 1.09. The summed E-state index contributed by atoms with van der Waals surface area (Å²) in [5.74, 6) is 0.927. The number of hydrogen-bond donors (Lipinski definition) is 1. The quantitative estimate of drug-likeness (QED) is 0.665. The molecule has 0 radical (unpaired) electrons. The zero-order valence-corrected chi connectivity index (χ0v) is 16.0. The Morgan fingerprint density at radius 3 is 2.81 bits per heavy atom. The maximum atomic E-state index is 4.09. The molecule has 0 fully saturated rings. The highest BCUT2D eigenvalue weighted by Crippen LogP contribution is 2.29. The van der Waals surface area contributed by atoms with Gasteiger partial charge in [0.1, 0.15) is 0 Å². The molecule has 0 aliphatic rings. The summed E-state index contributed by atoms with van der Waals surface area (Å²) in [6.07, 6.45) is 1.10. The summed E-state index contributed by atoms with van der Waals surface area (Å²) < 4.78 is 3.75. The maximum Gasteiger partial charge on any atom is 0.153 e.